The molecule has 0 bridgehead atoms. The van der Waals surface area contributed by atoms with Crippen LogP contribution in [0.3, 0.4) is 0 Å². The number of alkyl halides is 2. The molecule has 1 aromatic carbocycles. The molecule has 0 saturated heterocycles. The van der Waals surface area contributed by atoms with E-state index in [1.807, 2.05) is 6.92 Å². The summed E-state index contributed by atoms with van der Waals surface area (Å²) in [4.78, 5) is -0.647. The molecule has 14 heteroatoms. The standard InChI is InChI=1S/C12H12Cl5N2.6ClH.Sb/c1-2-12(17)5-8(6-13)19(18-12)11-9(15)3-7(14)4-10(11)16;;;;;;;/h3-4,8H,2,5-6H2,1H3;6*1H;/q+1;;;;;;;+5/p-6. The van der Waals surface area contributed by atoms with Crippen molar-refractivity contribution in [1.29, 1.82) is 0 Å². The Balaban J connectivity index is 0.000000412. The van der Waals surface area contributed by atoms with Crippen LogP contribution in [0.5, 0.6) is 0 Å². The summed E-state index contributed by atoms with van der Waals surface area (Å²) < 4.78 is 1.73. The fourth-order valence-corrected chi connectivity index (χ4v) is 3.57. The summed E-state index contributed by atoms with van der Waals surface area (Å²) in [6.07, 6.45) is 1.37. The number of azo groups is 2. The van der Waals surface area contributed by atoms with Crippen molar-refractivity contribution in [3.05, 3.63) is 27.2 Å². The molecule has 0 radical (unpaired) electrons. The van der Waals surface area contributed by atoms with Gasteiger partial charge in [-0.2, -0.15) is 0 Å². The molecule has 0 fully saturated rings. The molecule has 0 amide bonds. The third-order valence-corrected chi connectivity index (χ3v) is 4.76. The summed E-state index contributed by atoms with van der Waals surface area (Å²) in [5, 5.41) is 5.87. The van der Waals surface area contributed by atoms with Gasteiger partial charge in [0.05, 0.1) is 12.3 Å². The number of hydrogen-bond acceptors (Lipinski definition) is 1. The molecular weight excluding hydrogens is 684 g/mol. The fourth-order valence-electron chi connectivity index (χ4n) is 2.08. The Morgan fingerprint density at radius 3 is 1.85 bits per heavy atom. The molecule has 1 aromatic rings. The van der Waals surface area contributed by atoms with Crippen molar-refractivity contribution in [1.82, 2.24) is 0 Å². The fraction of sp³-hybridized carbons (Fsp3) is 0.500. The SMILES string of the molecule is CCC1(Cl)CC(CCl)[N+](c2c(Cl)cc(Cl)cc2Cl)=N1.[Cl][Sb-]([Cl])([Cl])([Cl])([Cl])[Cl]. The molecule has 152 valence electrons. The van der Waals surface area contributed by atoms with Crippen LogP contribution in [-0.2, 0) is 0 Å². The molecule has 2 unspecified atom stereocenters. The van der Waals surface area contributed by atoms with Crippen LogP contribution in [0, 0.1) is 0 Å². The van der Waals surface area contributed by atoms with Crippen molar-refractivity contribution in [2.24, 2.45) is 5.11 Å². The molecular formula is C12H12Cl11N2Sb. The van der Waals surface area contributed by atoms with Crippen molar-refractivity contribution in [3.63, 3.8) is 0 Å². The summed E-state index contributed by atoms with van der Waals surface area (Å²) in [5.41, 5.74) is 0.606. The minimum atomic E-state index is -5.42. The van der Waals surface area contributed by atoms with Gasteiger partial charge in [-0.1, -0.05) is 58.0 Å². The van der Waals surface area contributed by atoms with Gasteiger partial charge in [0, 0.05) is 5.02 Å². The number of halogens is 11. The van der Waals surface area contributed by atoms with E-state index in [9.17, 15) is 0 Å². The Hall–Kier alpha value is 2.83. The van der Waals surface area contributed by atoms with E-state index >= 15 is 0 Å². The summed E-state index contributed by atoms with van der Waals surface area (Å²) in [5.74, 6) is 0.396. The van der Waals surface area contributed by atoms with E-state index in [4.69, 9.17) is 111 Å². The monoisotopic (exact) mass is 690 g/mol. The van der Waals surface area contributed by atoms with Crippen LogP contribution in [0.1, 0.15) is 19.8 Å². The van der Waals surface area contributed by atoms with Crippen LogP contribution in [0.25, 0.3) is 0 Å². The van der Waals surface area contributed by atoms with Crippen molar-refractivity contribution in [2.75, 3.05) is 5.88 Å². The first-order valence-corrected chi connectivity index (χ1v) is 28.3. The van der Waals surface area contributed by atoms with E-state index in [0.29, 0.717) is 39.5 Å². The summed E-state index contributed by atoms with van der Waals surface area (Å²) >= 11 is 30.8. The molecule has 2 rings (SSSR count). The molecule has 1 heterocycles. The topological polar surface area (TPSA) is 15.4 Å². The average molecular weight is 696 g/mol. The van der Waals surface area contributed by atoms with E-state index in [-0.39, 0.29) is 6.04 Å². The predicted molar refractivity (Wildman–Crippen MR) is 123 cm³/mol. The second-order valence-electron chi connectivity index (χ2n) is 5.40. The zero-order valence-electron chi connectivity index (χ0n) is 12.9. The first-order valence-electron chi connectivity index (χ1n) is 6.83. The van der Waals surface area contributed by atoms with Crippen LogP contribution < -0.4 is 0 Å². The van der Waals surface area contributed by atoms with Crippen LogP contribution in [0.15, 0.2) is 17.2 Å². The first kappa shape index (κ1) is 26.9. The summed E-state index contributed by atoms with van der Waals surface area (Å²) in [6.45, 7) is 1.98. The molecule has 0 saturated carbocycles. The van der Waals surface area contributed by atoms with Crippen molar-refractivity contribution < 1.29 is 4.70 Å². The van der Waals surface area contributed by atoms with Gasteiger partial charge in [-0.15, -0.1) is 11.6 Å². The van der Waals surface area contributed by atoms with E-state index in [1.165, 1.54) is 0 Å². The van der Waals surface area contributed by atoms with E-state index in [1.54, 1.807) is 16.8 Å². The minimum absolute atomic E-state index is 0.0321. The van der Waals surface area contributed by atoms with Gasteiger partial charge >= 0.3 is 62.1 Å². The van der Waals surface area contributed by atoms with Gasteiger partial charge < -0.3 is 0 Å². The molecule has 2 nitrogen and oxygen atoms in total. The van der Waals surface area contributed by atoms with Gasteiger partial charge in [0.2, 0.25) is 11.0 Å². The van der Waals surface area contributed by atoms with E-state index in [2.05, 4.69) is 5.11 Å². The first-order chi connectivity index (χ1) is 11.3. The van der Waals surface area contributed by atoms with Gasteiger partial charge in [0.1, 0.15) is 10.0 Å². The van der Waals surface area contributed by atoms with E-state index in [0.717, 1.165) is 0 Å². The third kappa shape index (κ3) is 10.2. The molecule has 0 aromatic heterocycles. The normalized spacial score (nSPS) is 25.7. The Labute approximate surface area is 197 Å². The Morgan fingerprint density at radius 1 is 1.08 bits per heavy atom. The summed E-state index contributed by atoms with van der Waals surface area (Å²) in [6, 6.07) is 3.23. The number of rotatable bonds is 3. The van der Waals surface area contributed by atoms with Gasteiger partial charge in [-0.3, -0.25) is 0 Å². The van der Waals surface area contributed by atoms with Crippen molar-refractivity contribution in [3.8, 4) is 0 Å². The van der Waals surface area contributed by atoms with Gasteiger partial charge in [0.25, 0.3) is 5.69 Å². The Bertz CT molecular complexity index is 681. The maximum absolute atomic E-state index is 6.43. The Kier molecular flexibility index (Phi) is 9.05. The third-order valence-electron chi connectivity index (χ3n) is 3.11. The van der Waals surface area contributed by atoms with Crippen LogP contribution >= 0.6 is 111 Å². The summed E-state index contributed by atoms with van der Waals surface area (Å²) in [7, 11) is 25.0. The van der Waals surface area contributed by atoms with Crippen LogP contribution in [0.2, 0.25) is 15.1 Å². The van der Waals surface area contributed by atoms with Gasteiger partial charge in [-0.25, -0.2) is 0 Å². The number of nitrogens with zero attached hydrogens (tertiary/aromatic N) is 2. The molecule has 1 aliphatic rings. The van der Waals surface area contributed by atoms with Crippen LogP contribution in [-0.4, -0.2) is 30.8 Å². The van der Waals surface area contributed by atoms with Gasteiger partial charge in [-0.05, 0) is 23.7 Å². The molecule has 1 aliphatic heterocycles. The molecule has 26 heavy (non-hydrogen) atoms. The maximum atomic E-state index is 6.43. The Morgan fingerprint density at radius 2 is 1.50 bits per heavy atom. The number of hydrogen-bond donors (Lipinski definition) is 0. The molecule has 0 aliphatic carbocycles. The quantitative estimate of drug-likeness (QED) is 0.130. The molecule has 0 N–H and O–H groups in total. The zero-order chi connectivity index (χ0) is 20.6. The second-order valence-corrected chi connectivity index (χ2v) is 64.6. The van der Waals surface area contributed by atoms with Gasteiger partial charge in [0.15, 0.2) is 0 Å². The average Bonchev–Trinajstić information content (AvgIpc) is 2.72. The molecule has 0 spiro atoms. The van der Waals surface area contributed by atoms with Crippen molar-refractivity contribution in [2.45, 2.75) is 30.8 Å². The number of benzene rings is 1. The van der Waals surface area contributed by atoms with E-state index < -0.39 is 14.1 Å². The predicted octanol–water partition coefficient (Wildman–Crippen LogP) is 9.86. The zero-order valence-corrected chi connectivity index (χ0v) is 23.7. The van der Waals surface area contributed by atoms with Crippen LogP contribution in [0.4, 0.5) is 5.69 Å². The van der Waals surface area contributed by atoms with Crippen molar-refractivity contribution >= 4 is 126 Å². The second kappa shape index (κ2) is 8.76. The molecule has 2 atom stereocenters.